The Morgan fingerprint density at radius 2 is 1.90 bits per heavy atom. The van der Waals surface area contributed by atoms with Crippen LogP contribution in [-0.4, -0.2) is 10.2 Å². The van der Waals surface area contributed by atoms with E-state index in [-0.39, 0.29) is 11.7 Å². The monoisotopic (exact) mass is 319 g/mol. The van der Waals surface area contributed by atoms with Crippen LogP contribution in [0.25, 0.3) is 6.08 Å². The summed E-state index contributed by atoms with van der Waals surface area (Å²) in [6, 6.07) is 11.3. The molecule has 0 saturated heterocycles. The zero-order chi connectivity index (χ0) is 15.0. The second kappa shape index (κ2) is 5.54. The van der Waals surface area contributed by atoms with Crippen LogP contribution in [0.4, 0.5) is 4.39 Å². The number of fused-ring (bicyclic) bond motifs is 1. The predicted molar refractivity (Wildman–Crippen MR) is 83.5 cm³/mol. The Morgan fingerprint density at radius 1 is 1.19 bits per heavy atom. The van der Waals surface area contributed by atoms with Gasteiger partial charge in [0.2, 0.25) is 0 Å². The topological polar surface area (TPSA) is 20.3 Å². The van der Waals surface area contributed by atoms with E-state index in [1.54, 1.807) is 34.6 Å². The number of nitrogens with zero attached hydrogens (tertiary/aromatic N) is 1. The van der Waals surface area contributed by atoms with Crippen LogP contribution in [0.3, 0.4) is 0 Å². The maximum atomic E-state index is 13.3. The van der Waals surface area contributed by atoms with Crippen molar-refractivity contribution in [3.8, 4) is 0 Å². The van der Waals surface area contributed by atoms with Crippen molar-refractivity contribution in [3.05, 3.63) is 70.1 Å². The number of amides is 1. The number of allylic oxidation sites excluding steroid dienone is 1. The molecule has 106 valence electrons. The molecule has 5 heteroatoms. The summed E-state index contributed by atoms with van der Waals surface area (Å²) in [6.07, 6.45) is 1.87. The zero-order valence-electron chi connectivity index (χ0n) is 11.1. The Bertz CT molecular complexity index is 742. The molecule has 0 atom stereocenters. The summed E-state index contributed by atoms with van der Waals surface area (Å²) in [5, 5.41) is 0.581. The highest BCUT2D eigenvalue weighted by Gasteiger charge is 2.24. The molecule has 0 bridgehead atoms. The zero-order valence-corrected chi connectivity index (χ0v) is 12.7. The van der Waals surface area contributed by atoms with Crippen molar-refractivity contribution in [1.29, 1.82) is 0 Å². The van der Waals surface area contributed by atoms with E-state index in [9.17, 15) is 9.18 Å². The molecule has 1 amide bonds. The molecule has 1 aliphatic heterocycles. The van der Waals surface area contributed by atoms with Crippen LogP contribution < -0.4 is 0 Å². The quantitative estimate of drug-likeness (QED) is 0.689. The maximum absolute atomic E-state index is 13.3. The lowest BCUT2D eigenvalue weighted by Gasteiger charge is -2.26. The van der Waals surface area contributed by atoms with E-state index in [1.165, 1.54) is 24.1 Å². The molecule has 21 heavy (non-hydrogen) atoms. The first-order valence-electron chi connectivity index (χ1n) is 6.30. The molecule has 2 aromatic carbocycles. The Balaban J connectivity index is 1.94. The summed E-state index contributed by atoms with van der Waals surface area (Å²) in [5.74, 6) is -0.464. The van der Waals surface area contributed by atoms with E-state index in [0.717, 1.165) is 16.2 Å². The van der Waals surface area contributed by atoms with E-state index in [1.807, 2.05) is 13.0 Å². The summed E-state index contributed by atoms with van der Waals surface area (Å²) < 4.78 is 14.9. The van der Waals surface area contributed by atoms with Gasteiger partial charge in [0.1, 0.15) is 5.82 Å². The van der Waals surface area contributed by atoms with Crippen LogP contribution in [0.2, 0.25) is 5.02 Å². The first-order valence-corrected chi connectivity index (χ1v) is 7.45. The molecule has 0 spiro atoms. The van der Waals surface area contributed by atoms with E-state index >= 15 is 0 Å². The number of carbonyl (C=O) groups excluding carboxylic acids is 1. The summed E-state index contributed by atoms with van der Waals surface area (Å²) in [5.41, 5.74) is 2.26. The van der Waals surface area contributed by atoms with Crippen molar-refractivity contribution >= 4 is 35.5 Å². The molecule has 2 aromatic rings. The van der Waals surface area contributed by atoms with Gasteiger partial charge in [-0.15, -0.1) is 0 Å². The van der Waals surface area contributed by atoms with Gasteiger partial charge in [0.25, 0.3) is 5.91 Å². The predicted octanol–water partition coefficient (Wildman–Crippen LogP) is 5.00. The van der Waals surface area contributed by atoms with Gasteiger partial charge in [-0.05, 0) is 66.9 Å². The van der Waals surface area contributed by atoms with Gasteiger partial charge >= 0.3 is 0 Å². The van der Waals surface area contributed by atoms with Crippen LogP contribution in [0.1, 0.15) is 22.8 Å². The normalized spacial score (nSPS) is 13.7. The van der Waals surface area contributed by atoms with E-state index in [2.05, 4.69) is 0 Å². The van der Waals surface area contributed by atoms with E-state index in [4.69, 9.17) is 11.6 Å². The minimum Gasteiger partial charge on any atom is -0.268 e. The minimum atomic E-state index is -0.312. The van der Waals surface area contributed by atoms with Crippen molar-refractivity contribution in [2.75, 3.05) is 0 Å². The lowest BCUT2D eigenvalue weighted by atomic mass is 10.1. The number of benzene rings is 2. The number of carbonyl (C=O) groups is 1. The Morgan fingerprint density at radius 3 is 2.62 bits per heavy atom. The summed E-state index contributed by atoms with van der Waals surface area (Å²) in [4.78, 5) is 13.3. The minimum absolute atomic E-state index is 0.152. The van der Waals surface area contributed by atoms with Gasteiger partial charge in [0.05, 0.1) is 0 Å². The highest BCUT2D eigenvalue weighted by molar-refractivity contribution is 7.97. The molecule has 0 N–H and O–H groups in total. The van der Waals surface area contributed by atoms with Gasteiger partial charge in [-0.1, -0.05) is 17.7 Å². The summed E-state index contributed by atoms with van der Waals surface area (Å²) in [6.45, 7) is 1.85. The third-order valence-electron chi connectivity index (χ3n) is 3.13. The molecular formula is C16H11ClFNOS. The van der Waals surface area contributed by atoms with Crippen molar-refractivity contribution in [3.63, 3.8) is 0 Å². The first-order chi connectivity index (χ1) is 10.0. The van der Waals surface area contributed by atoms with E-state index < -0.39 is 0 Å². The molecule has 3 rings (SSSR count). The maximum Gasteiger partial charge on any atom is 0.268 e. The Kier molecular flexibility index (Phi) is 3.74. The number of halogens is 2. The van der Waals surface area contributed by atoms with Crippen LogP contribution >= 0.6 is 23.5 Å². The lowest BCUT2D eigenvalue weighted by Crippen LogP contribution is -2.24. The fraction of sp³-hybridized carbons (Fsp3) is 0.0625. The fourth-order valence-electron chi connectivity index (χ4n) is 2.07. The third kappa shape index (κ3) is 2.82. The molecule has 0 aromatic heterocycles. The average Bonchev–Trinajstić information content (AvgIpc) is 2.47. The highest BCUT2D eigenvalue weighted by Crippen LogP contribution is 2.37. The fourth-order valence-corrected chi connectivity index (χ4v) is 3.18. The average molecular weight is 320 g/mol. The molecule has 0 saturated carbocycles. The first kappa shape index (κ1) is 14.2. The van der Waals surface area contributed by atoms with Crippen molar-refractivity contribution in [1.82, 2.24) is 4.31 Å². The van der Waals surface area contributed by atoms with Crippen molar-refractivity contribution < 1.29 is 9.18 Å². The van der Waals surface area contributed by atoms with Gasteiger partial charge in [0.15, 0.2) is 0 Å². The number of rotatable bonds is 1. The Hall–Kier alpha value is -1.78. The van der Waals surface area contributed by atoms with Crippen LogP contribution in [0, 0.1) is 5.82 Å². The number of hydrogen-bond donors (Lipinski definition) is 0. The highest BCUT2D eigenvalue weighted by atomic mass is 35.5. The van der Waals surface area contributed by atoms with Gasteiger partial charge in [-0.2, -0.15) is 0 Å². The van der Waals surface area contributed by atoms with Gasteiger partial charge < -0.3 is 0 Å². The van der Waals surface area contributed by atoms with Crippen LogP contribution in [-0.2, 0) is 0 Å². The van der Waals surface area contributed by atoms with Crippen LogP contribution in [0.15, 0.2) is 53.1 Å². The van der Waals surface area contributed by atoms with Crippen LogP contribution in [0.5, 0.6) is 0 Å². The van der Waals surface area contributed by atoms with Gasteiger partial charge in [0, 0.05) is 21.2 Å². The van der Waals surface area contributed by atoms with Gasteiger partial charge in [-0.3, -0.25) is 4.79 Å². The number of hydrogen-bond acceptors (Lipinski definition) is 2. The Labute approximate surface area is 131 Å². The smallest absolute Gasteiger partial charge is 0.268 e. The standard InChI is InChI=1S/C16H11ClFNOS/c1-10-8-12-4-7-14(18)9-15(12)21-19(10)16(20)11-2-5-13(17)6-3-11/h2-9H,1H3. The SMILES string of the molecule is CC1=Cc2ccc(F)cc2SN1C(=O)c1ccc(Cl)cc1. The summed E-state index contributed by atoms with van der Waals surface area (Å²) >= 11 is 7.06. The third-order valence-corrected chi connectivity index (χ3v) is 4.56. The molecule has 0 fully saturated rings. The lowest BCUT2D eigenvalue weighted by molar-refractivity contribution is 0.0898. The molecule has 1 aliphatic rings. The van der Waals surface area contributed by atoms with Crippen molar-refractivity contribution in [2.24, 2.45) is 0 Å². The molecular weight excluding hydrogens is 309 g/mol. The van der Waals surface area contributed by atoms with E-state index in [0.29, 0.717) is 10.6 Å². The van der Waals surface area contributed by atoms with Crippen molar-refractivity contribution in [2.45, 2.75) is 11.8 Å². The molecule has 0 aliphatic carbocycles. The largest absolute Gasteiger partial charge is 0.268 e. The molecule has 0 unspecified atom stereocenters. The molecule has 1 heterocycles. The molecule has 0 radical (unpaired) electrons. The second-order valence-electron chi connectivity index (χ2n) is 4.67. The molecule has 2 nitrogen and oxygen atoms in total. The summed E-state index contributed by atoms with van der Waals surface area (Å²) in [7, 11) is 0. The van der Waals surface area contributed by atoms with Gasteiger partial charge in [-0.25, -0.2) is 8.70 Å². The second-order valence-corrected chi connectivity index (χ2v) is 6.09.